The molecule has 4 heteroatoms. The number of nitrogens with zero attached hydrogens (tertiary/aromatic N) is 1. The van der Waals surface area contributed by atoms with E-state index in [-0.39, 0.29) is 12.0 Å². The molecule has 0 aliphatic carbocycles. The number of ether oxygens (including phenoxy) is 1. The zero-order chi connectivity index (χ0) is 15.1. The molecule has 0 radical (unpaired) electrons. The van der Waals surface area contributed by atoms with Crippen LogP contribution in [0.3, 0.4) is 0 Å². The minimum Gasteiger partial charge on any atom is -0.376 e. The number of likely N-dealkylation sites (N-methyl/N-ethyl adjacent to an activating group) is 2. The number of carbonyl (C=O) groups excluding carboxylic acids is 1. The van der Waals surface area contributed by atoms with E-state index < -0.39 is 0 Å². The molecule has 1 heterocycles. The first kappa shape index (κ1) is 16.0. The molecule has 0 spiro atoms. The average Bonchev–Trinajstić information content (AvgIpc) is 2.53. The average molecular weight is 290 g/mol. The third-order valence-corrected chi connectivity index (χ3v) is 3.99. The highest BCUT2D eigenvalue weighted by molar-refractivity contribution is 5.95. The summed E-state index contributed by atoms with van der Waals surface area (Å²) in [6.07, 6.45) is 4.45. The van der Waals surface area contributed by atoms with Gasteiger partial charge < -0.3 is 15.0 Å². The largest absolute Gasteiger partial charge is 0.376 e. The van der Waals surface area contributed by atoms with Crippen LogP contribution in [0, 0.1) is 0 Å². The Bertz CT molecular complexity index is 456. The van der Waals surface area contributed by atoms with E-state index in [1.54, 1.807) is 4.90 Å². The number of nitrogens with one attached hydrogen (secondary N) is 1. The minimum absolute atomic E-state index is 0.0934. The molecule has 4 nitrogen and oxygen atoms in total. The maximum Gasteiger partial charge on any atom is 0.253 e. The van der Waals surface area contributed by atoms with Gasteiger partial charge >= 0.3 is 0 Å². The van der Waals surface area contributed by atoms with Gasteiger partial charge in [0.1, 0.15) is 0 Å². The Morgan fingerprint density at radius 2 is 2.19 bits per heavy atom. The van der Waals surface area contributed by atoms with Crippen molar-refractivity contribution in [2.75, 3.05) is 33.8 Å². The quantitative estimate of drug-likeness (QED) is 0.872. The molecule has 1 unspecified atom stereocenters. The van der Waals surface area contributed by atoms with Crippen LogP contribution in [0.15, 0.2) is 24.3 Å². The molecule has 0 saturated carbocycles. The maximum absolute atomic E-state index is 12.7. The van der Waals surface area contributed by atoms with Gasteiger partial charge in [-0.15, -0.1) is 0 Å². The van der Waals surface area contributed by atoms with Crippen LogP contribution in [0.1, 0.15) is 35.2 Å². The Morgan fingerprint density at radius 1 is 1.38 bits per heavy atom. The van der Waals surface area contributed by atoms with E-state index >= 15 is 0 Å². The lowest BCUT2D eigenvalue weighted by molar-refractivity contribution is -0.000207. The fourth-order valence-electron chi connectivity index (χ4n) is 2.75. The Labute approximate surface area is 127 Å². The zero-order valence-corrected chi connectivity index (χ0v) is 13.1. The molecule has 1 fully saturated rings. The van der Waals surface area contributed by atoms with Gasteiger partial charge in [-0.25, -0.2) is 0 Å². The Balaban J connectivity index is 2.00. The first-order chi connectivity index (χ1) is 10.2. The molecular weight excluding hydrogens is 264 g/mol. The standard InChI is InChI=1S/C17H26N2O2/c1-18-11-10-14-7-3-4-9-16(14)17(20)19(2)13-15-8-5-6-12-21-15/h3-4,7,9,15,18H,5-6,8,10-13H2,1-2H3. The fourth-order valence-corrected chi connectivity index (χ4v) is 2.75. The van der Waals surface area contributed by atoms with Crippen LogP contribution < -0.4 is 5.32 Å². The van der Waals surface area contributed by atoms with Crippen molar-refractivity contribution in [1.29, 1.82) is 0 Å². The number of hydrogen-bond donors (Lipinski definition) is 1. The summed E-state index contributed by atoms with van der Waals surface area (Å²) in [4.78, 5) is 14.5. The molecule has 1 aromatic carbocycles. The SMILES string of the molecule is CNCCc1ccccc1C(=O)N(C)CC1CCCCO1. The topological polar surface area (TPSA) is 41.6 Å². The van der Waals surface area contributed by atoms with Gasteiger partial charge in [-0.3, -0.25) is 4.79 Å². The van der Waals surface area contributed by atoms with Crippen LogP contribution in [0.25, 0.3) is 0 Å². The summed E-state index contributed by atoms with van der Waals surface area (Å²) in [5.74, 6) is 0.0934. The molecule has 1 N–H and O–H groups in total. The highest BCUT2D eigenvalue weighted by Gasteiger charge is 2.21. The summed E-state index contributed by atoms with van der Waals surface area (Å²) in [7, 11) is 3.80. The van der Waals surface area contributed by atoms with Crippen molar-refractivity contribution in [2.45, 2.75) is 31.8 Å². The van der Waals surface area contributed by atoms with Gasteiger partial charge in [-0.1, -0.05) is 18.2 Å². The monoisotopic (exact) mass is 290 g/mol. The van der Waals surface area contributed by atoms with Crippen molar-refractivity contribution in [3.8, 4) is 0 Å². The van der Waals surface area contributed by atoms with Gasteiger partial charge in [0.25, 0.3) is 5.91 Å². The summed E-state index contributed by atoms with van der Waals surface area (Å²) < 4.78 is 5.73. The highest BCUT2D eigenvalue weighted by Crippen LogP contribution is 2.16. The predicted molar refractivity (Wildman–Crippen MR) is 84.6 cm³/mol. The van der Waals surface area contributed by atoms with Gasteiger partial charge in [0, 0.05) is 25.8 Å². The smallest absolute Gasteiger partial charge is 0.253 e. The molecule has 0 aromatic heterocycles. The van der Waals surface area contributed by atoms with Gasteiger partial charge in [0.15, 0.2) is 0 Å². The van der Waals surface area contributed by atoms with Crippen molar-refractivity contribution in [2.24, 2.45) is 0 Å². The molecule has 1 aromatic rings. The van der Waals surface area contributed by atoms with E-state index in [1.807, 2.05) is 38.4 Å². The Morgan fingerprint density at radius 3 is 2.90 bits per heavy atom. The summed E-state index contributed by atoms with van der Waals surface area (Å²) in [6.45, 7) is 2.38. The predicted octanol–water partition coefficient (Wildman–Crippen LogP) is 2.09. The van der Waals surface area contributed by atoms with Crippen LogP contribution in [0.4, 0.5) is 0 Å². The number of carbonyl (C=O) groups is 1. The molecule has 2 rings (SSSR count). The molecule has 21 heavy (non-hydrogen) atoms. The van der Waals surface area contributed by atoms with E-state index in [0.29, 0.717) is 6.54 Å². The van der Waals surface area contributed by atoms with Crippen molar-refractivity contribution in [3.63, 3.8) is 0 Å². The van der Waals surface area contributed by atoms with E-state index in [9.17, 15) is 4.79 Å². The van der Waals surface area contributed by atoms with Crippen molar-refractivity contribution in [1.82, 2.24) is 10.2 Å². The minimum atomic E-state index is 0.0934. The molecule has 1 aliphatic rings. The number of benzene rings is 1. The van der Waals surface area contributed by atoms with Gasteiger partial charge in [0.2, 0.25) is 0 Å². The highest BCUT2D eigenvalue weighted by atomic mass is 16.5. The van der Waals surface area contributed by atoms with Crippen molar-refractivity contribution >= 4 is 5.91 Å². The maximum atomic E-state index is 12.7. The Hall–Kier alpha value is -1.39. The summed E-state index contributed by atoms with van der Waals surface area (Å²) >= 11 is 0. The van der Waals surface area contributed by atoms with Gasteiger partial charge in [0.05, 0.1) is 6.10 Å². The lowest BCUT2D eigenvalue weighted by Crippen LogP contribution is -2.37. The van der Waals surface area contributed by atoms with E-state index in [1.165, 1.54) is 6.42 Å². The first-order valence-electron chi connectivity index (χ1n) is 7.82. The molecule has 1 amide bonds. The van der Waals surface area contributed by atoms with E-state index in [2.05, 4.69) is 5.32 Å². The van der Waals surface area contributed by atoms with Gasteiger partial charge in [-0.2, -0.15) is 0 Å². The number of hydrogen-bond acceptors (Lipinski definition) is 3. The van der Waals surface area contributed by atoms with Crippen LogP contribution >= 0.6 is 0 Å². The lowest BCUT2D eigenvalue weighted by Gasteiger charge is -2.28. The first-order valence-corrected chi connectivity index (χ1v) is 7.82. The molecule has 116 valence electrons. The number of amides is 1. The second kappa shape index (κ2) is 8.15. The summed E-state index contributed by atoms with van der Waals surface area (Å²) in [5.41, 5.74) is 1.92. The van der Waals surface area contributed by atoms with Crippen molar-refractivity contribution < 1.29 is 9.53 Å². The second-order valence-electron chi connectivity index (χ2n) is 5.68. The van der Waals surface area contributed by atoms with Crippen LogP contribution in [0.5, 0.6) is 0 Å². The van der Waals surface area contributed by atoms with Gasteiger partial charge in [-0.05, 0) is 50.9 Å². The fraction of sp³-hybridized carbons (Fsp3) is 0.588. The third-order valence-electron chi connectivity index (χ3n) is 3.99. The summed E-state index contributed by atoms with van der Waals surface area (Å²) in [5, 5.41) is 3.13. The van der Waals surface area contributed by atoms with Crippen LogP contribution in [-0.4, -0.2) is 50.7 Å². The third kappa shape index (κ3) is 4.55. The van der Waals surface area contributed by atoms with E-state index in [0.717, 1.165) is 43.5 Å². The van der Waals surface area contributed by atoms with Crippen LogP contribution in [-0.2, 0) is 11.2 Å². The number of rotatable bonds is 6. The van der Waals surface area contributed by atoms with Crippen molar-refractivity contribution in [3.05, 3.63) is 35.4 Å². The summed E-state index contributed by atoms with van der Waals surface area (Å²) in [6, 6.07) is 7.88. The molecule has 0 bridgehead atoms. The Kier molecular flexibility index (Phi) is 6.21. The molecular formula is C17H26N2O2. The van der Waals surface area contributed by atoms with Crippen LogP contribution in [0.2, 0.25) is 0 Å². The normalized spacial score (nSPS) is 18.5. The molecule has 1 aliphatic heterocycles. The molecule has 1 saturated heterocycles. The molecule has 1 atom stereocenters. The zero-order valence-electron chi connectivity index (χ0n) is 13.1. The lowest BCUT2D eigenvalue weighted by atomic mass is 10.0. The van der Waals surface area contributed by atoms with E-state index in [4.69, 9.17) is 4.74 Å². The second-order valence-corrected chi connectivity index (χ2v) is 5.68.